The molecule has 100 valence electrons. The fourth-order valence-corrected chi connectivity index (χ4v) is 2.15. The Balaban J connectivity index is 2.19. The fourth-order valence-electron chi connectivity index (χ4n) is 1.95. The zero-order valence-electron chi connectivity index (χ0n) is 10.6. The Labute approximate surface area is 116 Å². The molecule has 0 spiro atoms. The van der Waals surface area contributed by atoms with Gasteiger partial charge in [-0.25, -0.2) is 14.4 Å². The van der Waals surface area contributed by atoms with Gasteiger partial charge < -0.3 is 5.32 Å². The molecule has 0 bridgehead atoms. The molecule has 1 unspecified atom stereocenters. The van der Waals surface area contributed by atoms with Crippen molar-refractivity contribution < 1.29 is 4.39 Å². The van der Waals surface area contributed by atoms with Gasteiger partial charge in [-0.05, 0) is 30.7 Å². The number of aromatic nitrogens is 2. The summed E-state index contributed by atoms with van der Waals surface area (Å²) in [6, 6.07) is 4.88. The minimum atomic E-state index is -0.395. The number of hydrogen-bond donors (Lipinski definition) is 1. The highest BCUT2D eigenvalue weighted by Gasteiger charge is 2.12. The lowest BCUT2D eigenvalue weighted by atomic mass is 10.0. The molecule has 19 heavy (non-hydrogen) atoms. The molecule has 0 amide bonds. The molecule has 0 aliphatic rings. The summed E-state index contributed by atoms with van der Waals surface area (Å²) >= 11 is 5.80. The van der Waals surface area contributed by atoms with Crippen LogP contribution in [0.5, 0.6) is 0 Å². The van der Waals surface area contributed by atoms with Gasteiger partial charge in [0.25, 0.3) is 0 Å². The highest BCUT2D eigenvalue weighted by atomic mass is 35.5. The van der Waals surface area contributed by atoms with E-state index in [1.165, 1.54) is 12.4 Å². The molecule has 0 radical (unpaired) electrons. The van der Waals surface area contributed by atoms with Crippen molar-refractivity contribution in [1.29, 1.82) is 0 Å². The first kappa shape index (κ1) is 13.9. The minimum absolute atomic E-state index is 0.0905. The molecular weight excluding hydrogens is 265 g/mol. The van der Waals surface area contributed by atoms with Gasteiger partial charge in [-0.1, -0.05) is 24.6 Å². The van der Waals surface area contributed by atoms with Gasteiger partial charge in [0.15, 0.2) is 0 Å². The van der Waals surface area contributed by atoms with Crippen molar-refractivity contribution in [2.75, 3.05) is 6.54 Å². The quantitative estimate of drug-likeness (QED) is 0.914. The van der Waals surface area contributed by atoms with Crippen molar-refractivity contribution >= 4 is 11.6 Å². The molecule has 1 aromatic carbocycles. The largest absolute Gasteiger partial charge is 0.310 e. The number of nitrogens with zero attached hydrogens (tertiary/aromatic N) is 2. The molecule has 2 rings (SSSR count). The molecule has 0 aliphatic heterocycles. The number of likely N-dealkylation sites (N-methyl/N-ethyl adjacent to an activating group) is 1. The van der Waals surface area contributed by atoms with Gasteiger partial charge in [0.1, 0.15) is 12.1 Å². The Morgan fingerprint density at radius 2 is 2.05 bits per heavy atom. The van der Waals surface area contributed by atoms with Crippen molar-refractivity contribution in [2.45, 2.75) is 19.4 Å². The first-order chi connectivity index (χ1) is 9.20. The van der Waals surface area contributed by atoms with Crippen molar-refractivity contribution in [3.05, 3.63) is 58.9 Å². The molecule has 1 atom stereocenters. The van der Waals surface area contributed by atoms with E-state index in [9.17, 15) is 4.39 Å². The molecule has 2 aromatic rings. The summed E-state index contributed by atoms with van der Waals surface area (Å²) in [4.78, 5) is 8.05. The van der Waals surface area contributed by atoms with E-state index in [0.29, 0.717) is 6.42 Å². The third-order valence-corrected chi connectivity index (χ3v) is 3.15. The summed E-state index contributed by atoms with van der Waals surface area (Å²) in [6.45, 7) is 2.86. The normalized spacial score (nSPS) is 12.4. The van der Waals surface area contributed by atoms with Crippen LogP contribution in [0.15, 0.2) is 36.9 Å². The third kappa shape index (κ3) is 3.72. The van der Waals surface area contributed by atoms with Gasteiger partial charge >= 0.3 is 0 Å². The predicted molar refractivity (Wildman–Crippen MR) is 73.6 cm³/mol. The van der Waals surface area contributed by atoms with E-state index in [2.05, 4.69) is 15.3 Å². The predicted octanol–water partition coefficient (Wildman–Crippen LogP) is 3.16. The van der Waals surface area contributed by atoms with Crippen LogP contribution >= 0.6 is 11.6 Å². The van der Waals surface area contributed by atoms with Crippen molar-refractivity contribution in [3.63, 3.8) is 0 Å². The van der Waals surface area contributed by atoms with Crippen LogP contribution in [0.2, 0.25) is 5.02 Å². The van der Waals surface area contributed by atoms with Crippen LogP contribution in [0.4, 0.5) is 4.39 Å². The SMILES string of the molecule is CCNC(Cc1ccc(F)c(Cl)c1)c1cncnc1. The van der Waals surface area contributed by atoms with Crippen LogP contribution in [0.3, 0.4) is 0 Å². The van der Waals surface area contributed by atoms with Gasteiger partial charge in [-0.15, -0.1) is 0 Å². The van der Waals surface area contributed by atoms with Crippen LogP contribution in [0.25, 0.3) is 0 Å². The molecule has 1 heterocycles. The monoisotopic (exact) mass is 279 g/mol. The second-order valence-corrected chi connectivity index (χ2v) is 4.64. The second-order valence-electron chi connectivity index (χ2n) is 4.23. The van der Waals surface area contributed by atoms with Crippen molar-refractivity contribution in [3.8, 4) is 0 Å². The third-order valence-electron chi connectivity index (χ3n) is 2.86. The van der Waals surface area contributed by atoms with E-state index < -0.39 is 5.82 Å². The van der Waals surface area contributed by atoms with Gasteiger partial charge in [0.2, 0.25) is 0 Å². The van der Waals surface area contributed by atoms with Crippen LogP contribution in [-0.4, -0.2) is 16.5 Å². The zero-order chi connectivity index (χ0) is 13.7. The molecule has 0 fully saturated rings. The number of hydrogen-bond acceptors (Lipinski definition) is 3. The zero-order valence-corrected chi connectivity index (χ0v) is 11.4. The summed E-state index contributed by atoms with van der Waals surface area (Å²) in [7, 11) is 0. The lowest BCUT2D eigenvalue weighted by molar-refractivity contribution is 0.545. The average molecular weight is 280 g/mol. The molecular formula is C14H15ClFN3. The number of benzene rings is 1. The molecule has 0 aliphatic carbocycles. The van der Waals surface area contributed by atoms with Gasteiger partial charge in [-0.2, -0.15) is 0 Å². The summed E-state index contributed by atoms with van der Waals surface area (Å²) in [5.74, 6) is -0.395. The highest BCUT2D eigenvalue weighted by Crippen LogP contribution is 2.21. The summed E-state index contributed by atoms with van der Waals surface area (Å²) in [5, 5.41) is 3.51. The van der Waals surface area contributed by atoms with Crippen molar-refractivity contribution in [1.82, 2.24) is 15.3 Å². The first-order valence-corrected chi connectivity index (χ1v) is 6.50. The van der Waals surface area contributed by atoms with E-state index >= 15 is 0 Å². The fraction of sp³-hybridized carbons (Fsp3) is 0.286. The topological polar surface area (TPSA) is 37.8 Å². The number of halogens is 2. The summed E-state index contributed by atoms with van der Waals surface area (Å²) in [5.41, 5.74) is 1.98. The lowest BCUT2D eigenvalue weighted by Gasteiger charge is -2.17. The van der Waals surface area contributed by atoms with E-state index in [0.717, 1.165) is 17.7 Å². The average Bonchev–Trinajstić information content (AvgIpc) is 2.43. The second kappa shape index (κ2) is 6.59. The molecule has 0 saturated heterocycles. The Morgan fingerprint density at radius 1 is 1.32 bits per heavy atom. The van der Waals surface area contributed by atoms with E-state index in [1.807, 2.05) is 6.92 Å². The summed E-state index contributed by atoms with van der Waals surface area (Å²) in [6.07, 6.45) is 5.78. The Morgan fingerprint density at radius 3 is 2.68 bits per heavy atom. The molecule has 0 saturated carbocycles. The van der Waals surface area contributed by atoms with Gasteiger partial charge in [0, 0.05) is 24.0 Å². The summed E-state index contributed by atoms with van der Waals surface area (Å²) < 4.78 is 13.1. The van der Waals surface area contributed by atoms with E-state index in [1.54, 1.807) is 24.5 Å². The van der Waals surface area contributed by atoms with Crippen LogP contribution in [0.1, 0.15) is 24.1 Å². The molecule has 5 heteroatoms. The van der Waals surface area contributed by atoms with Crippen LogP contribution in [-0.2, 0) is 6.42 Å². The van der Waals surface area contributed by atoms with Crippen molar-refractivity contribution in [2.24, 2.45) is 0 Å². The highest BCUT2D eigenvalue weighted by molar-refractivity contribution is 6.30. The minimum Gasteiger partial charge on any atom is -0.310 e. The Kier molecular flexibility index (Phi) is 4.82. The van der Waals surface area contributed by atoms with E-state index in [4.69, 9.17) is 11.6 Å². The first-order valence-electron chi connectivity index (χ1n) is 6.13. The van der Waals surface area contributed by atoms with Gasteiger partial charge in [0.05, 0.1) is 5.02 Å². The maximum absolute atomic E-state index is 13.1. The van der Waals surface area contributed by atoms with Crippen LogP contribution in [0, 0.1) is 5.82 Å². The molecule has 3 nitrogen and oxygen atoms in total. The Bertz CT molecular complexity index is 533. The smallest absolute Gasteiger partial charge is 0.141 e. The maximum Gasteiger partial charge on any atom is 0.141 e. The standard InChI is InChI=1S/C14H15ClFN3/c1-2-19-14(11-7-17-9-18-8-11)6-10-3-4-13(16)12(15)5-10/h3-5,7-9,14,19H,2,6H2,1H3. The lowest BCUT2D eigenvalue weighted by Crippen LogP contribution is -2.23. The van der Waals surface area contributed by atoms with E-state index in [-0.39, 0.29) is 11.1 Å². The van der Waals surface area contributed by atoms with Gasteiger partial charge in [-0.3, -0.25) is 0 Å². The number of nitrogens with one attached hydrogen (secondary N) is 1. The molecule has 1 N–H and O–H groups in total. The maximum atomic E-state index is 13.1. The number of rotatable bonds is 5. The molecule has 1 aromatic heterocycles. The van der Waals surface area contributed by atoms with Crippen LogP contribution < -0.4 is 5.32 Å². The Hall–Kier alpha value is -1.52.